The molecule has 0 bridgehead atoms. The molecular formula is C20H27N3O6S2. The second-order valence-corrected chi connectivity index (χ2v) is 11.1. The number of rotatable bonds is 10. The zero-order valence-electron chi connectivity index (χ0n) is 17.8. The van der Waals surface area contributed by atoms with Crippen molar-refractivity contribution in [2.45, 2.75) is 37.8 Å². The number of anilines is 1. The Bertz CT molecular complexity index is 1090. The van der Waals surface area contributed by atoms with E-state index in [1.807, 2.05) is 13.8 Å². The molecule has 1 aromatic heterocycles. The minimum absolute atomic E-state index is 0.0250. The molecule has 31 heavy (non-hydrogen) atoms. The van der Waals surface area contributed by atoms with Gasteiger partial charge in [-0.05, 0) is 48.2 Å². The number of sulfonamides is 2. The highest BCUT2D eigenvalue weighted by molar-refractivity contribution is 7.92. The minimum Gasteiger partial charge on any atom is -0.468 e. The zero-order chi connectivity index (χ0) is 23.2. The third-order valence-corrected chi connectivity index (χ3v) is 6.82. The van der Waals surface area contributed by atoms with Crippen molar-refractivity contribution in [3.05, 3.63) is 54.4 Å². The molecule has 1 N–H and O–H groups in total. The summed E-state index contributed by atoms with van der Waals surface area (Å²) < 4.78 is 58.2. The third kappa shape index (κ3) is 7.01. The molecule has 0 aliphatic carbocycles. The molecule has 170 valence electrons. The number of ether oxygens (including phenoxy) is 1. The quantitative estimate of drug-likeness (QED) is 0.529. The van der Waals surface area contributed by atoms with Crippen molar-refractivity contribution in [1.29, 1.82) is 0 Å². The molecule has 2 aromatic rings. The van der Waals surface area contributed by atoms with E-state index in [2.05, 4.69) is 9.71 Å². The predicted octanol–water partition coefficient (Wildman–Crippen LogP) is 2.23. The molecule has 11 heteroatoms. The van der Waals surface area contributed by atoms with Crippen molar-refractivity contribution in [2.75, 3.05) is 18.1 Å². The monoisotopic (exact) mass is 469 g/mol. The lowest BCUT2D eigenvalue weighted by molar-refractivity contribution is -0.145. The normalized spacial score (nSPS) is 13.2. The van der Waals surface area contributed by atoms with Crippen LogP contribution in [0.5, 0.6) is 0 Å². The van der Waals surface area contributed by atoms with Crippen LogP contribution in [0, 0.1) is 5.92 Å². The Morgan fingerprint density at radius 3 is 2.26 bits per heavy atom. The largest absolute Gasteiger partial charge is 0.468 e. The van der Waals surface area contributed by atoms with E-state index >= 15 is 0 Å². The maximum atomic E-state index is 13.5. The van der Waals surface area contributed by atoms with Crippen LogP contribution in [0.1, 0.15) is 25.8 Å². The van der Waals surface area contributed by atoms with Crippen molar-refractivity contribution in [3.8, 4) is 0 Å². The standard InChI is InChI=1S/C20H27N3O6S2/c1-15(2)12-19(20(24)29-3)23(14-16-6-5-11-21-13-16)31(27,28)18-9-7-17(8-10-18)22-30(4,25)26/h5-11,13,15,19,22H,12,14H2,1-4H3. The Morgan fingerprint density at radius 1 is 1.13 bits per heavy atom. The van der Waals surface area contributed by atoms with Crippen LogP contribution in [0.4, 0.5) is 5.69 Å². The van der Waals surface area contributed by atoms with Crippen LogP contribution < -0.4 is 4.72 Å². The van der Waals surface area contributed by atoms with Gasteiger partial charge in [0.25, 0.3) is 0 Å². The molecule has 0 saturated heterocycles. The number of hydrogen-bond acceptors (Lipinski definition) is 7. The Labute approximate surface area is 183 Å². The fourth-order valence-electron chi connectivity index (χ4n) is 2.99. The molecule has 1 atom stereocenters. The highest BCUT2D eigenvalue weighted by atomic mass is 32.2. The first-order chi connectivity index (χ1) is 14.4. The van der Waals surface area contributed by atoms with E-state index < -0.39 is 32.1 Å². The summed E-state index contributed by atoms with van der Waals surface area (Å²) in [5, 5.41) is 0. The number of hydrogen-bond donors (Lipinski definition) is 1. The van der Waals surface area contributed by atoms with Gasteiger partial charge in [-0.3, -0.25) is 14.5 Å². The molecule has 0 radical (unpaired) electrons. The molecule has 0 aliphatic rings. The topological polar surface area (TPSA) is 123 Å². The van der Waals surface area contributed by atoms with Gasteiger partial charge in [-0.2, -0.15) is 4.31 Å². The Hall–Kier alpha value is -2.50. The van der Waals surface area contributed by atoms with Gasteiger partial charge in [0.2, 0.25) is 20.0 Å². The number of nitrogens with one attached hydrogen (secondary N) is 1. The van der Waals surface area contributed by atoms with Crippen LogP contribution in [0.25, 0.3) is 0 Å². The van der Waals surface area contributed by atoms with Crippen LogP contribution in [0.2, 0.25) is 0 Å². The number of carbonyl (C=O) groups excluding carboxylic acids is 1. The van der Waals surface area contributed by atoms with Gasteiger partial charge in [0.05, 0.1) is 18.3 Å². The summed E-state index contributed by atoms with van der Waals surface area (Å²) in [7, 11) is -6.42. The van der Waals surface area contributed by atoms with Crippen LogP contribution in [0.3, 0.4) is 0 Å². The number of pyridine rings is 1. The highest BCUT2D eigenvalue weighted by Gasteiger charge is 2.37. The van der Waals surface area contributed by atoms with E-state index in [0.717, 1.165) is 10.6 Å². The number of methoxy groups -OCH3 is 1. The first-order valence-corrected chi connectivity index (χ1v) is 12.8. The lowest BCUT2D eigenvalue weighted by atomic mass is 10.0. The first kappa shape index (κ1) is 24.8. The summed E-state index contributed by atoms with van der Waals surface area (Å²) >= 11 is 0. The summed E-state index contributed by atoms with van der Waals surface area (Å²) in [5.41, 5.74) is 0.839. The lowest BCUT2D eigenvalue weighted by Crippen LogP contribution is -2.45. The second-order valence-electron chi connectivity index (χ2n) is 7.48. The third-order valence-electron chi connectivity index (χ3n) is 4.34. The van der Waals surface area contributed by atoms with Crippen LogP contribution in [-0.2, 0) is 36.1 Å². The molecule has 0 fully saturated rings. The number of aromatic nitrogens is 1. The predicted molar refractivity (Wildman–Crippen MR) is 117 cm³/mol. The van der Waals surface area contributed by atoms with Crippen molar-refractivity contribution in [1.82, 2.24) is 9.29 Å². The van der Waals surface area contributed by atoms with Crippen molar-refractivity contribution < 1.29 is 26.4 Å². The molecule has 1 heterocycles. The molecule has 1 unspecified atom stereocenters. The van der Waals surface area contributed by atoms with Gasteiger partial charge in [0.15, 0.2) is 0 Å². The van der Waals surface area contributed by atoms with Gasteiger partial charge in [0, 0.05) is 24.6 Å². The van der Waals surface area contributed by atoms with Gasteiger partial charge in [-0.15, -0.1) is 0 Å². The SMILES string of the molecule is COC(=O)C(CC(C)C)N(Cc1cccnc1)S(=O)(=O)c1ccc(NS(C)(=O)=O)cc1. The smallest absolute Gasteiger partial charge is 0.324 e. The summed E-state index contributed by atoms with van der Waals surface area (Å²) in [6.45, 7) is 3.69. The van der Waals surface area contributed by atoms with Gasteiger partial charge >= 0.3 is 5.97 Å². The van der Waals surface area contributed by atoms with Gasteiger partial charge in [0.1, 0.15) is 6.04 Å². The summed E-state index contributed by atoms with van der Waals surface area (Å²) in [6, 6.07) is 7.66. The maximum absolute atomic E-state index is 13.5. The average Bonchev–Trinajstić information content (AvgIpc) is 2.69. The van der Waals surface area contributed by atoms with Crippen molar-refractivity contribution in [2.24, 2.45) is 5.92 Å². The van der Waals surface area contributed by atoms with Crippen LogP contribution >= 0.6 is 0 Å². The van der Waals surface area contributed by atoms with E-state index in [9.17, 15) is 21.6 Å². The molecule has 9 nitrogen and oxygen atoms in total. The molecule has 0 aliphatic heterocycles. The Morgan fingerprint density at radius 2 is 1.77 bits per heavy atom. The van der Waals surface area contributed by atoms with Gasteiger partial charge in [-0.1, -0.05) is 19.9 Å². The van der Waals surface area contributed by atoms with E-state index in [-0.39, 0.29) is 29.5 Å². The van der Waals surface area contributed by atoms with E-state index in [1.165, 1.54) is 37.6 Å². The molecular weight excluding hydrogens is 442 g/mol. The van der Waals surface area contributed by atoms with Crippen molar-refractivity contribution in [3.63, 3.8) is 0 Å². The van der Waals surface area contributed by atoms with Crippen LogP contribution in [-0.4, -0.2) is 51.5 Å². The number of nitrogens with zero attached hydrogens (tertiary/aromatic N) is 2. The van der Waals surface area contributed by atoms with Crippen LogP contribution in [0.15, 0.2) is 53.7 Å². The molecule has 0 amide bonds. The summed E-state index contributed by atoms with van der Waals surface area (Å²) in [5.74, 6) is -0.631. The van der Waals surface area contributed by atoms with E-state index in [0.29, 0.717) is 5.56 Å². The second kappa shape index (κ2) is 10.2. The van der Waals surface area contributed by atoms with Gasteiger partial charge in [-0.25, -0.2) is 16.8 Å². The Balaban J connectivity index is 2.50. The Kier molecular flexibility index (Phi) is 8.15. The number of carbonyl (C=O) groups is 1. The molecule has 0 spiro atoms. The first-order valence-electron chi connectivity index (χ1n) is 9.50. The zero-order valence-corrected chi connectivity index (χ0v) is 19.5. The summed E-state index contributed by atoms with van der Waals surface area (Å²) in [6.07, 6.45) is 4.37. The van der Waals surface area contributed by atoms with Gasteiger partial charge < -0.3 is 4.74 Å². The molecule has 0 saturated carbocycles. The molecule has 1 aromatic carbocycles. The van der Waals surface area contributed by atoms with E-state index in [4.69, 9.17) is 4.74 Å². The fraction of sp³-hybridized carbons (Fsp3) is 0.400. The molecule has 2 rings (SSSR count). The number of esters is 1. The summed E-state index contributed by atoms with van der Waals surface area (Å²) in [4.78, 5) is 16.5. The average molecular weight is 470 g/mol. The highest BCUT2D eigenvalue weighted by Crippen LogP contribution is 2.26. The lowest BCUT2D eigenvalue weighted by Gasteiger charge is -2.30. The maximum Gasteiger partial charge on any atom is 0.324 e. The van der Waals surface area contributed by atoms with Crippen molar-refractivity contribution >= 4 is 31.7 Å². The number of benzene rings is 1. The minimum atomic E-state index is -4.13. The fourth-order valence-corrected chi connectivity index (χ4v) is 5.13. The van der Waals surface area contributed by atoms with E-state index in [1.54, 1.807) is 18.3 Å².